The molecule has 76 valence electrons. The first-order chi connectivity index (χ1) is 6.45. The molecule has 0 spiro atoms. The summed E-state index contributed by atoms with van der Waals surface area (Å²) in [5.74, 6) is -0.327. The van der Waals surface area contributed by atoms with Crippen LogP contribution >= 0.6 is 10.7 Å². The molecule has 0 aromatic heterocycles. The van der Waals surface area contributed by atoms with E-state index in [0.717, 1.165) is 0 Å². The van der Waals surface area contributed by atoms with Crippen LogP contribution in [0, 0.1) is 0 Å². The second-order valence-corrected chi connectivity index (χ2v) is 5.16. The van der Waals surface area contributed by atoms with Gasteiger partial charge in [0.05, 0.1) is 11.4 Å². The lowest BCUT2D eigenvalue weighted by Gasteiger charge is -1.99. The van der Waals surface area contributed by atoms with Crippen molar-refractivity contribution >= 4 is 25.5 Å². The number of nitrogens with two attached hydrogens (primary N) is 1. The molecule has 0 aliphatic carbocycles. The second-order valence-electron chi connectivity index (χ2n) is 2.59. The van der Waals surface area contributed by atoms with E-state index in [0.29, 0.717) is 0 Å². The number of carbonyl (C=O) groups is 1. The Balaban J connectivity index is 3.21. The summed E-state index contributed by atoms with van der Waals surface area (Å²) in [6.45, 7) is -0.161. The van der Waals surface area contributed by atoms with Crippen LogP contribution < -0.4 is 5.73 Å². The van der Waals surface area contributed by atoms with Gasteiger partial charge < -0.3 is 5.73 Å². The van der Waals surface area contributed by atoms with Crippen molar-refractivity contribution in [3.05, 3.63) is 29.8 Å². The Kier molecular flexibility index (Phi) is 3.25. The van der Waals surface area contributed by atoms with E-state index in [1.54, 1.807) is 0 Å². The van der Waals surface area contributed by atoms with Gasteiger partial charge in [-0.05, 0) is 12.1 Å². The van der Waals surface area contributed by atoms with E-state index in [4.69, 9.17) is 16.4 Å². The Bertz CT molecular complexity index is 455. The zero-order chi connectivity index (χ0) is 10.8. The van der Waals surface area contributed by atoms with Gasteiger partial charge in [0, 0.05) is 16.2 Å². The van der Waals surface area contributed by atoms with E-state index in [1.165, 1.54) is 24.3 Å². The number of hydrogen-bond donors (Lipinski definition) is 1. The Morgan fingerprint density at radius 1 is 1.43 bits per heavy atom. The molecule has 0 bridgehead atoms. The average Bonchev–Trinajstić information content (AvgIpc) is 2.15. The second kappa shape index (κ2) is 4.08. The molecule has 1 aromatic carbocycles. The molecular formula is C8H8ClNO3S. The first kappa shape index (κ1) is 11.2. The summed E-state index contributed by atoms with van der Waals surface area (Å²) in [7, 11) is 1.32. The summed E-state index contributed by atoms with van der Waals surface area (Å²) in [5.41, 5.74) is 5.38. The van der Waals surface area contributed by atoms with Crippen molar-refractivity contribution in [2.24, 2.45) is 5.73 Å². The average molecular weight is 234 g/mol. The van der Waals surface area contributed by atoms with Gasteiger partial charge in [-0.3, -0.25) is 4.79 Å². The van der Waals surface area contributed by atoms with E-state index in [2.05, 4.69) is 0 Å². The summed E-state index contributed by atoms with van der Waals surface area (Å²) in [6.07, 6.45) is 0. The number of rotatable bonds is 3. The number of carbonyl (C=O) groups excluding carboxylic acids is 1. The van der Waals surface area contributed by atoms with Gasteiger partial charge in [-0.1, -0.05) is 12.1 Å². The molecule has 0 saturated heterocycles. The highest BCUT2D eigenvalue weighted by molar-refractivity contribution is 8.13. The number of ketones is 1. The SMILES string of the molecule is NCC(=O)c1cccc(S(=O)(=O)Cl)c1. The van der Waals surface area contributed by atoms with Crippen LogP contribution in [0.2, 0.25) is 0 Å². The van der Waals surface area contributed by atoms with Gasteiger partial charge in [0.25, 0.3) is 9.05 Å². The minimum Gasteiger partial charge on any atom is -0.324 e. The van der Waals surface area contributed by atoms with Crippen molar-refractivity contribution < 1.29 is 13.2 Å². The largest absolute Gasteiger partial charge is 0.324 e. The minimum absolute atomic E-state index is 0.0986. The Hall–Kier alpha value is -0.910. The van der Waals surface area contributed by atoms with Crippen LogP contribution in [0.15, 0.2) is 29.2 Å². The maximum atomic E-state index is 11.1. The van der Waals surface area contributed by atoms with Gasteiger partial charge in [0.1, 0.15) is 0 Å². The summed E-state index contributed by atoms with van der Waals surface area (Å²) in [4.78, 5) is 11.0. The van der Waals surface area contributed by atoms with Crippen molar-refractivity contribution in [2.75, 3.05) is 6.54 Å². The number of Topliss-reactive ketones (excluding diaryl/α,β-unsaturated/α-hetero) is 1. The molecule has 0 saturated carbocycles. The van der Waals surface area contributed by atoms with Crippen molar-refractivity contribution in [1.29, 1.82) is 0 Å². The van der Waals surface area contributed by atoms with Crippen molar-refractivity contribution in [2.45, 2.75) is 4.90 Å². The summed E-state index contributed by atoms with van der Waals surface area (Å²) < 4.78 is 21.8. The normalized spacial score (nSPS) is 11.3. The van der Waals surface area contributed by atoms with E-state index in [1.807, 2.05) is 0 Å². The monoisotopic (exact) mass is 233 g/mol. The molecule has 4 nitrogen and oxygen atoms in total. The molecule has 14 heavy (non-hydrogen) atoms. The topological polar surface area (TPSA) is 77.2 Å². The van der Waals surface area contributed by atoms with E-state index in [9.17, 15) is 13.2 Å². The highest BCUT2D eigenvalue weighted by atomic mass is 35.7. The maximum absolute atomic E-state index is 11.1. The molecule has 0 heterocycles. The molecule has 0 amide bonds. The number of halogens is 1. The molecule has 0 radical (unpaired) electrons. The number of hydrogen-bond acceptors (Lipinski definition) is 4. The van der Waals surface area contributed by atoms with E-state index in [-0.39, 0.29) is 22.8 Å². The third-order valence-corrected chi connectivity index (χ3v) is 2.97. The van der Waals surface area contributed by atoms with Crippen LogP contribution in [-0.4, -0.2) is 20.7 Å². The lowest BCUT2D eigenvalue weighted by molar-refractivity contribution is 0.100. The molecule has 0 aliphatic rings. The zero-order valence-corrected chi connectivity index (χ0v) is 8.68. The molecule has 0 aliphatic heterocycles. The van der Waals surface area contributed by atoms with Crippen LogP contribution in [0.1, 0.15) is 10.4 Å². The predicted molar refractivity (Wildman–Crippen MR) is 52.9 cm³/mol. The fourth-order valence-corrected chi connectivity index (χ4v) is 1.74. The third-order valence-electron chi connectivity index (χ3n) is 1.62. The fourth-order valence-electron chi connectivity index (χ4n) is 0.939. The van der Waals surface area contributed by atoms with Gasteiger partial charge in [-0.15, -0.1) is 0 Å². The molecule has 6 heteroatoms. The lowest BCUT2D eigenvalue weighted by atomic mass is 10.1. The summed E-state index contributed by atoms with van der Waals surface area (Å²) in [6, 6.07) is 5.45. The van der Waals surface area contributed by atoms with Crippen LogP contribution in [0.5, 0.6) is 0 Å². The number of benzene rings is 1. The minimum atomic E-state index is -3.79. The summed E-state index contributed by atoms with van der Waals surface area (Å²) >= 11 is 0. The van der Waals surface area contributed by atoms with Crippen LogP contribution in [0.3, 0.4) is 0 Å². The van der Waals surface area contributed by atoms with Gasteiger partial charge in [0.2, 0.25) is 0 Å². The van der Waals surface area contributed by atoms with Gasteiger partial charge in [0.15, 0.2) is 5.78 Å². The smallest absolute Gasteiger partial charge is 0.261 e. The third kappa shape index (κ3) is 2.54. The van der Waals surface area contributed by atoms with Gasteiger partial charge >= 0.3 is 0 Å². The van der Waals surface area contributed by atoms with Crippen LogP contribution in [0.25, 0.3) is 0 Å². The standard InChI is InChI=1S/C8H8ClNO3S/c9-14(12,13)7-3-1-2-6(4-7)8(11)5-10/h1-4H,5,10H2. The fraction of sp³-hybridized carbons (Fsp3) is 0.125. The highest BCUT2D eigenvalue weighted by Crippen LogP contribution is 2.16. The molecule has 0 atom stereocenters. The molecule has 1 aromatic rings. The Labute approximate surface area is 86.1 Å². The van der Waals surface area contributed by atoms with E-state index >= 15 is 0 Å². The molecule has 0 unspecified atom stereocenters. The lowest BCUT2D eigenvalue weighted by Crippen LogP contribution is -2.13. The van der Waals surface area contributed by atoms with Crippen LogP contribution in [-0.2, 0) is 9.05 Å². The predicted octanol–water partition coefficient (Wildman–Crippen LogP) is 0.756. The van der Waals surface area contributed by atoms with Gasteiger partial charge in [-0.2, -0.15) is 0 Å². The Morgan fingerprint density at radius 3 is 2.57 bits per heavy atom. The van der Waals surface area contributed by atoms with Crippen molar-refractivity contribution in [1.82, 2.24) is 0 Å². The quantitative estimate of drug-likeness (QED) is 0.618. The zero-order valence-electron chi connectivity index (χ0n) is 7.10. The van der Waals surface area contributed by atoms with E-state index < -0.39 is 9.05 Å². The molecular weight excluding hydrogens is 226 g/mol. The first-order valence-corrected chi connectivity index (χ1v) is 6.04. The Morgan fingerprint density at radius 2 is 2.07 bits per heavy atom. The molecule has 2 N–H and O–H groups in total. The summed E-state index contributed by atoms with van der Waals surface area (Å²) in [5, 5.41) is 0. The molecule has 1 rings (SSSR count). The van der Waals surface area contributed by atoms with Crippen molar-refractivity contribution in [3.8, 4) is 0 Å². The maximum Gasteiger partial charge on any atom is 0.261 e. The van der Waals surface area contributed by atoms with Crippen molar-refractivity contribution in [3.63, 3.8) is 0 Å². The van der Waals surface area contributed by atoms with Gasteiger partial charge in [-0.25, -0.2) is 8.42 Å². The molecule has 0 fully saturated rings. The highest BCUT2D eigenvalue weighted by Gasteiger charge is 2.12. The first-order valence-electron chi connectivity index (χ1n) is 3.73. The van der Waals surface area contributed by atoms with Crippen LogP contribution in [0.4, 0.5) is 0 Å².